The Kier molecular flexibility index (Phi) is 9.88. The lowest BCUT2D eigenvalue weighted by Gasteiger charge is -2.39. The predicted molar refractivity (Wildman–Crippen MR) is 200 cm³/mol. The van der Waals surface area contributed by atoms with Gasteiger partial charge in [-0.3, -0.25) is 14.7 Å². The van der Waals surface area contributed by atoms with Crippen LogP contribution in [0.25, 0.3) is 27.6 Å². The zero-order valence-electron chi connectivity index (χ0n) is 29.6. The highest BCUT2D eigenvalue weighted by Crippen LogP contribution is 2.46. The van der Waals surface area contributed by atoms with Gasteiger partial charge in [-0.2, -0.15) is 5.26 Å². The number of hydrogen-bond acceptors (Lipinski definition) is 10. The number of oxazole rings is 1. The first-order chi connectivity index (χ1) is 25.2. The Balaban J connectivity index is 1.29. The van der Waals surface area contributed by atoms with Crippen molar-refractivity contribution < 1.29 is 19.4 Å². The molecule has 2 aromatic carbocycles. The van der Waals surface area contributed by atoms with Crippen LogP contribution < -0.4 is 10.6 Å². The standard InChI is InChI=1S/C41H43N7O4/c1-25-7-4-5-8-33(25)34-9-6-13-41(27(34)3,47-38-36-31(10-14-43-38)18-29(22-45-36)21-44-26(2)24-49)40-46-35-19-28(17-32(20-42)37(35)52-40)23-48-15-11-30(12-16-48)39(50)51/h4-10,13-14,17-19,22,26-27,30,44,49H,11-12,15-16,21,23-24H2,1-3H3,(H,43,47)(H,50,51)/t26?,27-,41?/m1/s1. The number of benzene rings is 2. The van der Waals surface area contributed by atoms with Crippen molar-refractivity contribution >= 4 is 39.4 Å². The molecular weight excluding hydrogens is 654 g/mol. The molecule has 1 aliphatic heterocycles. The second kappa shape index (κ2) is 14.7. The number of hydrogen-bond donors (Lipinski definition) is 4. The number of pyridine rings is 2. The molecule has 0 spiro atoms. The highest BCUT2D eigenvalue weighted by atomic mass is 16.4. The number of allylic oxidation sites excluding steroid dienone is 2. The molecule has 3 aromatic heterocycles. The van der Waals surface area contributed by atoms with Crippen molar-refractivity contribution in [3.63, 3.8) is 0 Å². The molecule has 2 unspecified atom stereocenters. The third-order valence-corrected chi connectivity index (χ3v) is 10.5. The van der Waals surface area contributed by atoms with Crippen molar-refractivity contribution in [2.45, 2.75) is 58.3 Å². The number of carbonyl (C=O) groups is 1. The molecule has 0 bridgehead atoms. The largest absolute Gasteiger partial charge is 0.481 e. The van der Waals surface area contributed by atoms with Crippen LogP contribution in [0, 0.1) is 30.1 Å². The van der Waals surface area contributed by atoms with E-state index in [1.807, 2.05) is 49.5 Å². The molecule has 5 aromatic rings. The van der Waals surface area contributed by atoms with Crippen molar-refractivity contribution in [1.29, 1.82) is 5.26 Å². The zero-order chi connectivity index (χ0) is 36.4. The second-order valence-corrected chi connectivity index (χ2v) is 14.1. The van der Waals surface area contributed by atoms with E-state index in [4.69, 9.17) is 19.4 Å². The third-order valence-electron chi connectivity index (χ3n) is 10.5. The zero-order valence-corrected chi connectivity index (χ0v) is 29.6. The topological polar surface area (TPSA) is 160 Å². The number of aliphatic hydroxyl groups is 1. The molecule has 7 rings (SSSR count). The summed E-state index contributed by atoms with van der Waals surface area (Å²) in [7, 11) is 0. The Morgan fingerprint density at radius 3 is 2.71 bits per heavy atom. The Labute approximate surface area is 302 Å². The molecular formula is C41H43N7O4. The van der Waals surface area contributed by atoms with E-state index < -0.39 is 11.5 Å². The maximum atomic E-state index is 11.5. The van der Waals surface area contributed by atoms with Crippen LogP contribution in [0.2, 0.25) is 0 Å². The number of piperidine rings is 1. The number of nitrogens with one attached hydrogen (secondary N) is 2. The summed E-state index contributed by atoms with van der Waals surface area (Å²) in [6, 6.07) is 18.4. The van der Waals surface area contributed by atoms with Crippen LogP contribution in [-0.4, -0.2) is 61.8 Å². The van der Waals surface area contributed by atoms with Crippen LogP contribution in [0.4, 0.5) is 5.82 Å². The van der Waals surface area contributed by atoms with E-state index in [2.05, 4.69) is 65.8 Å². The molecule has 0 amide bonds. The fraction of sp³-hybridized carbons (Fsp3) is 0.341. The highest BCUT2D eigenvalue weighted by molar-refractivity contribution is 5.89. The molecule has 4 N–H and O–H groups in total. The van der Waals surface area contributed by atoms with Crippen molar-refractivity contribution in [2.75, 3.05) is 25.0 Å². The van der Waals surface area contributed by atoms with E-state index in [1.54, 1.807) is 6.20 Å². The monoisotopic (exact) mass is 697 g/mol. The van der Waals surface area contributed by atoms with Crippen LogP contribution in [0.1, 0.15) is 60.4 Å². The molecule has 11 nitrogen and oxygen atoms in total. The molecule has 2 aliphatic rings. The number of rotatable bonds is 11. The van der Waals surface area contributed by atoms with Crippen molar-refractivity contribution in [3.05, 3.63) is 113 Å². The molecule has 266 valence electrons. The fourth-order valence-electron chi connectivity index (χ4n) is 7.40. The number of aliphatic hydroxyl groups excluding tert-OH is 1. The first-order valence-corrected chi connectivity index (χ1v) is 17.8. The number of anilines is 1. The van der Waals surface area contributed by atoms with Gasteiger partial charge < -0.3 is 25.3 Å². The summed E-state index contributed by atoms with van der Waals surface area (Å²) in [5.74, 6) is -0.286. The van der Waals surface area contributed by atoms with E-state index in [0.717, 1.165) is 33.2 Å². The minimum atomic E-state index is -1.02. The number of likely N-dealkylation sites (tertiary alicyclic amines) is 1. The van der Waals surface area contributed by atoms with Gasteiger partial charge in [0.15, 0.2) is 11.4 Å². The summed E-state index contributed by atoms with van der Waals surface area (Å²) in [6.07, 6.45) is 11.0. The first kappa shape index (κ1) is 35.0. The number of carboxylic acid groups (broad SMARTS) is 1. The van der Waals surface area contributed by atoms with Gasteiger partial charge in [-0.15, -0.1) is 0 Å². The summed E-state index contributed by atoms with van der Waals surface area (Å²) in [5.41, 5.74) is 6.33. The van der Waals surface area contributed by atoms with Crippen LogP contribution in [-0.2, 0) is 23.4 Å². The maximum absolute atomic E-state index is 11.5. The van der Waals surface area contributed by atoms with E-state index in [0.29, 0.717) is 72.9 Å². The maximum Gasteiger partial charge on any atom is 0.306 e. The van der Waals surface area contributed by atoms with Crippen LogP contribution in [0.3, 0.4) is 0 Å². The average molecular weight is 698 g/mol. The Morgan fingerprint density at radius 2 is 1.96 bits per heavy atom. The van der Waals surface area contributed by atoms with Gasteiger partial charge in [-0.1, -0.05) is 43.3 Å². The molecule has 0 saturated carbocycles. The van der Waals surface area contributed by atoms with Gasteiger partial charge in [0.2, 0.25) is 5.89 Å². The lowest BCUT2D eigenvalue weighted by molar-refractivity contribution is -0.143. The lowest BCUT2D eigenvalue weighted by Crippen LogP contribution is -2.42. The number of aromatic nitrogens is 3. The van der Waals surface area contributed by atoms with E-state index in [-0.39, 0.29) is 24.5 Å². The quantitative estimate of drug-likeness (QED) is 0.122. The van der Waals surface area contributed by atoms with Crippen LogP contribution >= 0.6 is 0 Å². The van der Waals surface area contributed by atoms with Gasteiger partial charge in [-0.25, -0.2) is 9.97 Å². The highest BCUT2D eigenvalue weighted by Gasteiger charge is 2.45. The number of aryl methyl sites for hydroxylation is 1. The molecule has 0 radical (unpaired) electrons. The summed E-state index contributed by atoms with van der Waals surface area (Å²) in [4.78, 5) is 28.5. The summed E-state index contributed by atoms with van der Waals surface area (Å²) < 4.78 is 6.64. The molecule has 1 aliphatic carbocycles. The molecule has 52 heavy (non-hydrogen) atoms. The normalized spacial score (nSPS) is 20.1. The number of carboxylic acids is 1. The number of fused-ring (bicyclic) bond motifs is 2. The number of nitrogens with zero attached hydrogens (tertiary/aromatic N) is 5. The lowest BCUT2D eigenvalue weighted by atomic mass is 9.73. The molecule has 3 atom stereocenters. The SMILES string of the molecule is Cc1ccccc1C1=CC=CC(Nc2nccc3cc(CNC(C)CO)cnc23)(c2nc3cc(CN4CCC(C(=O)O)CC4)cc(C#N)c3o2)[C@@H]1C. The average Bonchev–Trinajstić information content (AvgIpc) is 3.60. The predicted octanol–water partition coefficient (Wildman–Crippen LogP) is 6.32. The summed E-state index contributed by atoms with van der Waals surface area (Å²) in [5, 5.41) is 37.1. The first-order valence-electron chi connectivity index (χ1n) is 17.8. The van der Waals surface area contributed by atoms with E-state index in [1.165, 1.54) is 0 Å². The van der Waals surface area contributed by atoms with Crippen LogP contribution in [0.15, 0.2) is 83.6 Å². The summed E-state index contributed by atoms with van der Waals surface area (Å²) >= 11 is 0. The molecule has 1 fully saturated rings. The summed E-state index contributed by atoms with van der Waals surface area (Å²) in [6.45, 7) is 8.73. The van der Waals surface area contributed by atoms with Gasteiger partial charge >= 0.3 is 5.97 Å². The van der Waals surface area contributed by atoms with Crippen molar-refractivity contribution in [2.24, 2.45) is 11.8 Å². The fourth-order valence-corrected chi connectivity index (χ4v) is 7.40. The van der Waals surface area contributed by atoms with E-state index >= 15 is 0 Å². The number of aliphatic carboxylic acids is 1. The van der Waals surface area contributed by atoms with Crippen molar-refractivity contribution in [3.8, 4) is 6.07 Å². The Bertz CT molecular complexity index is 2230. The minimum Gasteiger partial charge on any atom is -0.481 e. The molecule has 4 heterocycles. The van der Waals surface area contributed by atoms with Gasteiger partial charge in [0.1, 0.15) is 22.6 Å². The van der Waals surface area contributed by atoms with Gasteiger partial charge in [0, 0.05) is 42.8 Å². The van der Waals surface area contributed by atoms with E-state index in [9.17, 15) is 20.3 Å². The van der Waals surface area contributed by atoms with Gasteiger partial charge in [0.25, 0.3) is 0 Å². The Morgan fingerprint density at radius 1 is 1.15 bits per heavy atom. The second-order valence-electron chi connectivity index (χ2n) is 14.1. The van der Waals surface area contributed by atoms with Crippen LogP contribution in [0.5, 0.6) is 0 Å². The smallest absolute Gasteiger partial charge is 0.306 e. The molecule has 1 saturated heterocycles. The van der Waals surface area contributed by atoms with Gasteiger partial charge in [-0.05, 0) is 97.9 Å². The number of nitriles is 1. The molecule has 11 heteroatoms. The third kappa shape index (κ3) is 6.80. The van der Waals surface area contributed by atoms with Crippen molar-refractivity contribution in [1.82, 2.24) is 25.2 Å². The minimum absolute atomic E-state index is 0.0365. The Hall–Kier alpha value is -5.41. The van der Waals surface area contributed by atoms with Gasteiger partial charge in [0.05, 0.1) is 18.1 Å².